The number of carbonyl (C=O) groups excluding carboxylic acids is 3. The topological polar surface area (TPSA) is 284 Å². The minimum atomic E-state index is -1.62. The highest BCUT2D eigenvalue weighted by Gasteiger charge is 2.32. The molecular weight excluding hydrogens is 466 g/mol. The van der Waals surface area contributed by atoms with Crippen molar-refractivity contribution >= 4 is 29.7 Å². The first-order valence-electron chi connectivity index (χ1n) is 10.7. The summed E-state index contributed by atoms with van der Waals surface area (Å²) < 4.78 is 0. The Balaban J connectivity index is 3.07. The van der Waals surface area contributed by atoms with Crippen LogP contribution in [0.25, 0.3) is 0 Å². The number of amides is 3. The molecule has 1 heterocycles. The lowest BCUT2D eigenvalue weighted by Gasteiger charge is -2.25. The van der Waals surface area contributed by atoms with Gasteiger partial charge in [0.05, 0.1) is 19.0 Å². The zero-order valence-electron chi connectivity index (χ0n) is 19.2. The maximum atomic E-state index is 13.0. The van der Waals surface area contributed by atoms with Crippen molar-refractivity contribution in [2.75, 3.05) is 13.2 Å². The van der Waals surface area contributed by atoms with Crippen LogP contribution >= 0.6 is 0 Å². The Morgan fingerprint density at radius 3 is 2.26 bits per heavy atom. The summed E-state index contributed by atoms with van der Waals surface area (Å²) >= 11 is 0. The van der Waals surface area contributed by atoms with Gasteiger partial charge in [-0.1, -0.05) is 0 Å². The number of nitrogens with one attached hydrogen (secondary N) is 4. The van der Waals surface area contributed by atoms with Crippen LogP contribution in [0.2, 0.25) is 0 Å². The van der Waals surface area contributed by atoms with Crippen LogP contribution in [0.3, 0.4) is 0 Å². The third-order valence-corrected chi connectivity index (χ3v) is 4.77. The van der Waals surface area contributed by atoms with Gasteiger partial charge in [-0.3, -0.25) is 19.4 Å². The summed E-state index contributed by atoms with van der Waals surface area (Å²) in [5.74, 6) is -4.10. The van der Waals surface area contributed by atoms with E-state index in [0.717, 1.165) is 0 Å². The molecule has 1 aromatic rings. The predicted octanol–water partition coefficient (Wildman–Crippen LogP) is -4.75. The summed E-state index contributed by atoms with van der Waals surface area (Å²) in [4.78, 5) is 59.8. The number of hydrogen-bond donors (Lipinski definition) is 10. The molecule has 0 saturated heterocycles. The maximum absolute atomic E-state index is 13.0. The van der Waals surface area contributed by atoms with Crippen molar-refractivity contribution in [1.82, 2.24) is 25.9 Å². The Bertz CT molecular complexity index is 872. The highest BCUT2D eigenvalue weighted by Crippen LogP contribution is 2.05. The number of aliphatic hydroxyl groups excluding tert-OH is 2. The Hall–Kier alpha value is -3.76. The number of nitrogens with two attached hydrogens (primary N) is 3. The monoisotopic (exact) mass is 499 g/mol. The first kappa shape index (κ1) is 29.3. The molecule has 1 aromatic heterocycles. The molecule has 0 aliphatic heterocycles. The first-order chi connectivity index (χ1) is 16.5. The molecule has 0 aromatic carbocycles. The number of imidazole rings is 1. The number of guanidine groups is 1. The van der Waals surface area contributed by atoms with E-state index in [2.05, 4.69) is 30.9 Å². The molecule has 5 atom stereocenters. The van der Waals surface area contributed by atoms with Crippen molar-refractivity contribution in [3.8, 4) is 0 Å². The normalized spacial score (nSPS) is 15.1. The van der Waals surface area contributed by atoms with Gasteiger partial charge in [0.1, 0.15) is 18.1 Å². The SMILES string of the molecule is CC(O)C(NC(=O)C(Cc1cnc[nH]1)NC(=O)C(CCCN=C(N)N)NC(=O)C(N)CO)C(=O)O. The number of aromatic amines is 1. The number of carbonyl (C=O) groups is 4. The van der Waals surface area contributed by atoms with E-state index in [9.17, 15) is 29.4 Å². The molecule has 35 heavy (non-hydrogen) atoms. The summed E-state index contributed by atoms with van der Waals surface area (Å²) in [6.45, 7) is 0.684. The second kappa shape index (κ2) is 14.5. The summed E-state index contributed by atoms with van der Waals surface area (Å²) in [6, 6.07) is -5.39. The van der Waals surface area contributed by atoms with E-state index in [1.54, 1.807) is 0 Å². The molecular formula is C19H33N9O7. The van der Waals surface area contributed by atoms with Gasteiger partial charge in [-0.2, -0.15) is 0 Å². The maximum Gasteiger partial charge on any atom is 0.328 e. The van der Waals surface area contributed by atoms with Crippen molar-refractivity contribution in [2.24, 2.45) is 22.2 Å². The van der Waals surface area contributed by atoms with E-state index >= 15 is 0 Å². The second-order valence-electron chi connectivity index (χ2n) is 7.71. The van der Waals surface area contributed by atoms with Gasteiger partial charge < -0.3 is 53.5 Å². The van der Waals surface area contributed by atoms with Crippen LogP contribution < -0.4 is 33.2 Å². The minimum Gasteiger partial charge on any atom is -0.480 e. The molecule has 5 unspecified atom stereocenters. The van der Waals surface area contributed by atoms with Gasteiger partial charge in [0.25, 0.3) is 0 Å². The molecule has 0 aliphatic rings. The Kier molecular flexibility index (Phi) is 12.1. The number of nitrogens with zero attached hydrogens (tertiary/aromatic N) is 2. The zero-order chi connectivity index (χ0) is 26.5. The quantitative estimate of drug-likeness (QED) is 0.0620. The van der Waals surface area contributed by atoms with Gasteiger partial charge in [0.2, 0.25) is 17.7 Å². The number of carboxylic acids is 1. The van der Waals surface area contributed by atoms with Crippen LogP contribution in [0.5, 0.6) is 0 Å². The van der Waals surface area contributed by atoms with Crippen molar-refractivity contribution in [1.29, 1.82) is 0 Å². The number of aliphatic imine (C=N–C) groups is 1. The van der Waals surface area contributed by atoms with Crippen molar-refractivity contribution in [2.45, 2.75) is 56.5 Å². The predicted molar refractivity (Wildman–Crippen MR) is 122 cm³/mol. The van der Waals surface area contributed by atoms with Crippen LogP contribution in [-0.2, 0) is 25.6 Å². The minimum absolute atomic E-state index is 0.0519. The molecule has 196 valence electrons. The highest BCUT2D eigenvalue weighted by atomic mass is 16.4. The fourth-order valence-electron chi connectivity index (χ4n) is 2.87. The van der Waals surface area contributed by atoms with Crippen LogP contribution in [-0.4, -0.2) is 98.4 Å². The number of H-pyrrole nitrogens is 1. The lowest BCUT2D eigenvalue weighted by Crippen LogP contribution is -2.59. The fraction of sp³-hybridized carbons (Fsp3) is 0.579. The fourth-order valence-corrected chi connectivity index (χ4v) is 2.87. The van der Waals surface area contributed by atoms with E-state index < -0.39 is 60.6 Å². The Morgan fingerprint density at radius 2 is 1.74 bits per heavy atom. The van der Waals surface area contributed by atoms with Crippen molar-refractivity contribution in [3.05, 3.63) is 18.2 Å². The van der Waals surface area contributed by atoms with Gasteiger partial charge in [-0.15, -0.1) is 0 Å². The zero-order valence-corrected chi connectivity index (χ0v) is 19.2. The summed E-state index contributed by atoms with van der Waals surface area (Å²) in [6.07, 6.45) is 1.56. The molecule has 13 N–H and O–H groups in total. The second-order valence-corrected chi connectivity index (χ2v) is 7.71. The molecule has 0 bridgehead atoms. The molecule has 16 nitrogen and oxygen atoms in total. The summed E-state index contributed by atoms with van der Waals surface area (Å²) in [5.41, 5.74) is 16.5. The number of rotatable bonds is 15. The number of aliphatic carboxylic acids is 1. The van der Waals surface area contributed by atoms with Crippen LogP contribution in [0.4, 0.5) is 0 Å². The van der Waals surface area contributed by atoms with Gasteiger partial charge >= 0.3 is 5.97 Å². The van der Waals surface area contributed by atoms with Crippen LogP contribution in [0, 0.1) is 0 Å². The van der Waals surface area contributed by atoms with E-state index in [1.165, 1.54) is 19.4 Å². The lowest BCUT2D eigenvalue weighted by atomic mass is 10.1. The van der Waals surface area contributed by atoms with Gasteiger partial charge in [0.15, 0.2) is 12.0 Å². The lowest BCUT2D eigenvalue weighted by molar-refractivity contribution is -0.145. The molecule has 0 radical (unpaired) electrons. The molecule has 16 heteroatoms. The van der Waals surface area contributed by atoms with Crippen molar-refractivity contribution in [3.63, 3.8) is 0 Å². The average molecular weight is 500 g/mol. The molecule has 1 rings (SSSR count). The Labute approximate surface area is 200 Å². The first-order valence-corrected chi connectivity index (χ1v) is 10.7. The van der Waals surface area contributed by atoms with Gasteiger partial charge in [-0.25, -0.2) is 9.78 Å². The molecule has 0 fully saturated rings. The average Bonchev–Trinajstić information content (AvgIpc) is 3.30. The number of carboxylic acid groups (broad SMARTS) is 1. The van der Waals surface area contributed by atoms with Crippen LogP contribution in [0.15, 0.2) is 17.5 Å². The van der Waals surface area contributed by atoms with E-state index in [4.69, 9.17) is 22.3 Å². The van der Waals surface area contributed by atoms with Crippen molar-refractivity contribution < 1.29 is 34.5 Å². The number of aromatic nitrogens is 2. The smallest absolute Gasteiger partial charge is 0.328 e. The van der Waals surface area contributed by atoms with E-state index in [-0.39, 0.29) is 31.8 Å². The van der Waals surface area contributed by atoms with E-state index in [1.807, 2.05) is 0 Å². The standard InChI is InChI=1S/C19H33N9O7/c1-9(30)14(18(34)35)28-17(33)13(5-10-6-23-8-25-10)27-16(32)12(3-2-4-24-19(21)22)26-15(31)11(20)7-29/h6,8-9,11-14,29-30H,2-5,7,20H2,1H3,(H,23,25)(H,26,31)(H,27,32)(H,28,33)(H,34,35)(H4,21,22,24). The largest absolute Gasteiger partial charge is 0.480 e. The summed E-state index contributed by atoms with van der Waals surface area (Å²) in [7, 11) is 0. The molecule has 3 amide bonds. The van der Waals surface area contributed by atoms with Crippen LogP contribution in [0.1, 0.15) is 25.5 Å². The molecule has 0 saturated carbocycles. The summed E-state index contributed by atoms with van der Waals surface area (Å²) in [5, 5.41) is 35.1. The third-order valence-electron chi connectivity index (χ3n) is 4.77. The van der Waals surface area contributed by atoms with Gasteiger partial charge in [-0.05, 0) is 19.8 Å². The molecule has 0 spiro atoms. The number of hydrogen-bond acceptors (Lipinski definition) is 9. The third kappa shape index (κ3) is 10.4. The van der Waals surface area contributed by atoms with E-state index in [0.29, 0.717) is 5.69 Å². The molecule has 0 aliphatic carbocycles. The number of aliphatic hydroxyl groups is 2. The Morgan fingerprint density at radius 1 is 1.11 bits per heavy atom. The highest BCUT2D eigenvalue weighted by molar-refractivity contribution is 5.94. The van der Waals surface area contributed by atoms with Gasteiger partial charge in [0, 0.05) is 24.9 Å².